The van der Waals surface area contributed by atoms with Gasteiger partial charge in [0, 0.05) is 30.3 Å². The Morgan fingerprint density at radius 1 is 0.829 bits per heavy atom. The van der Waals surface area contributed by atoms with E-state index in [0.717, 1.165) is 38.7 Å². The van der Waals surface area contributed by atoms with Crippen LogP contribution in [0.25, 0.3) is 44.6 Å². The monoisotopic (exact) mass is 483 g/mol. The Balaban J connectivity index is 1.89. The van der Waals surface area contributed by atoms with Crippen LogP contribution in [0.15, 0.2) is 83.4 Å². The molecular weight excluding hydrogens is 458 g/mol. The van der Waals surface area contributed by atoms with Crippen LogP contribution in [0.5, 0.6) is 0 Å². The number of benzene rings is 3. The third-order valence-corrected chi connectivity index (χ3v) is 8.60. The van der Waals surface area contributed by atoms with Crippen molar-refractivity contribution in [3.8, 4) is 33.7 Å². The number of fused-ring (bicyclic) bond motifs is 1. The Labute approximate surface area is 204 Å². The lowest BCUT2D eigenvalue weighted by Gasteiger charge is -2.25. The van der Waals surface area contributed by atoms with Gasteiger partial charge in [0.15, 0.2) is 9.84 Å². The first-order valence-corrected chi connectivity index (χ1v) is 13.1. The van der Waals surface area contributed by atoms with E-state index < -0.39 is 14.6 Å². The van der Waals surface area contributed by atoms with E-state index in [4.69, 9.17) is 4.42 Å². The van der Waals surface area contributed by atoms with Gasteiger partial charge in [-0.3, -0.25) is 4.98 Å². The number of pyridine rings is 1. The van der Waals surface area contributed by atoms with E-state index in [1.165, 1.54) is 6.26 Å². The number of sulfone groups is 1. The fraction of sp³-hybridized carbons (Fsp3) is 0.179. The first-order chi connectivity index (χ1) is 16.7. The van der Waals surface area contributed by atoms with E-state index in [2.05, 4.69) is 15.2 Å². The number of hydrogen-bond acceptors (Lipinski definition) is 6. The number of rotatable bonds is 5. The minimum Gasteiger partial charge on any atom is -0.421 e. The summed E-state index contributed by atoms with van der Waals surface area (Å²) in [6.07, 6.45) is 3.01. The van der Waals surface area contributed by atoms with Gasteiger partial charge in [0.25, 0.3) is 0 Å². The van der Waals surface area contributed by atoms with Crippen molar-refractivity contribution in [1.29, 1.82) is 0 Å². The van der Waals surface area contributed by atoms with Crippen LogP contribution < -0.4 is 0 Å². The van der Waals surface area contributed by atoms with E-state index in [1.807, 2.05) is 72.8 Å². The molecule has 176 valence electrons. The SMILES string of the molecule is Cc1nnc(-c2c(-c3ccccc3)cccc2-c2cc(C(C)(C)S(C)(=O)=O)cc3cccnc23)o1. The molecule has 0 amide bonds. The maximum absolute atomic E-state index is 12.7. The maximum atomic E-state index is 12.7. The first-order valence-electron chi connectivity index (χ1n) is 11.2. The van der Waals surface area contributed by atoms with Crippen LogP contribution >= 0.6 is 0 Å². The van der Waals surface area contributed by atoms with Crippen molar-refractivity contribution >= 4 is 20.7 Å². The fourth-order valence-electron chi connectivity index (χ4n) is 4.22. The summed E-state index contributed by atoms with van der Waals surface area (Å²) in [5.41, 5.74) is 5.81. The van der Waals surface area contributed by atoms with Crippen LogP contribution in [0.4, 0.5) is 0 Å². The second-order valence-electron chi connectivity index (χ2n) is 9.10. The summed E-state index contributed by atoms with van der Waals surface area (Å²) in [7, 11) is -3.39. The molecule has 0 aliphatic carbocycles. The van der Waals surface area contributed by atoms with Crippen LogP contribution in [-0.2, 0) is 14.6 Å². The molecule has 6 nitrogen and oxygen atoms in total. The summed E-state index contributed by atoms with van der Waals surface area (Å²) >= 11 is 0. The van der Waals surface area contributed by atoms with Crippen molar-refractivity contribution in [2.24, 2.45) is 0 Å². The molecule has 2 heterocycles. The standard InChI is InChI=1S/C28H25N3O3S/c1-18-30-31-27(34-18)25-22(19-10-6-5-7-11-19)13-8-14-23(25)24-17-21(28(2,3)35(4,32)33)16-20-12-9-15-29-26(20)24/h5-17H,1-4H3. The Morgan fingerprint density at radius 3 is 2.26 bits per heavy atom. The molecule has 35 heavy (non-hydrogen) atoms. The molecule has 0 aliphatic heterocycles. The van der Waals surface area contributed by atoms with Crippen molar-refractivity contribution in [2.45, 2.75) is 25.5 Å². The van der Waals surface area contributed by atoms with Gasteiger partial charge in [-0.05, 0) is 54.3 Å². The Kier molecular flexibility index (Phi) is 5.52. The number of aryl methyl sites for hydroxylation is 1. The summed E-state index contributed by atoms with van der Waals surface area (Å²) in [6.45, 7) is 5.21. The Morgan fingerprint density at radius 2 is 1.57 bits per heavy atom. The lowest BCUT2D eigenvalue weighted by molar-refractivity contribution is 0.533. The van der Waals surface area contributed by atoms with E-state index in [9.17, 15) is 8.42 Å². The van der Waals surface area contributed by atoms with Crippen molar-refractivity contribution in [1.82, 2.24) is 15.2 Å². The predicted molar refractivity (Wildman–Crippen MR) is 139 cm³/mol. The molecule has 0 radical (unpaired) electrons. The van der Waals surface area contributed by atoms with Crippen molar-refractivity contribution < 1.29 is 12.8 Å². The normalized spacial score (nSPS) is 12.2. The minimum absolute atomic E-state index is 0.397. The summed E-state index contributed by atoms with van der Waals surface area (Å²) in [4.78, 5) is 4.67. The zero-order chi connectivity index (χ0) is 24.8. The van der Waals surface area contributed by atoms with E-state index in [1.54, 1.807) is 27.0 Å². The van der Waals surface area contributed by atoms with Gasteiger partial charge in [0.2, 0.25) is 11.8 Å². The van der Waals surface area contributed by atoms with Gasteiger partial charge in [0.1, 0.15) is 0 Å². The van der Waals surface area contributed by atoms with Gasteiger partial charge in [0.05, 0.1) is 15.8 Å². The molecule has 5 rings (SSSR count). The summed E-state index contributed by atoms with van der Waals surface area (Å²) < 4.78 is 30.3. The molecule has 2 aromatic heterocycles. The molecule has 0 N–H and O–H groups in total. The molecule has 0 saturated carbocycles. The highest BCUT2D eigenvalue weighted by molar-refractivity contribution is 7.91. The molecular formula is C28H25N3O3S. The topological polar surface area (TPSA) is 86.0 Å². The Hall–Kier alpha value is -3.84. The van der Waals surface area contributed by atoms with Crippen molar-refractivity contribution in [2.75, 3.05) is 6.26 Å². The summed E-state index contributed by atoms with van der Waals surface area (Å²) in [5.74, 6) is 0.859. The Bertz CT molecular complexity index is 1660. The molecule has 0 saturated heterocycles. The quantitative estimate of drug-likeness (QED) is 0.296. The largest absolute Gasteiger partial charge is 0.421 e. The maximum Gasteiger partial charge on any atom is 0.248 e. The van der Waals surface area contributed by atoms with Crippen LogP contribution in [0, 0.1) is 6.92 Å². The van der Waals surface area contributed by atoms with Crippen molar-refractivity contribution in [3.63, 3.8) is 0 Å². The van der Waals surface area contributed by atoms with Gasteiger partial charge >= 0.3 is 0 Å². The van der Waals surface area contributed by atoms with Gasteiger partial charge < -0.3 is 4.42 Å². The second kappa shape index (κ2) is 8.43. The third-order valence-electron chi connectivity index (χ3n) is 6.51. The zero-order valence-corrected chi connectivity index (χ0v) is 20.8. The van der Waals surface area contributed by atoms with Gasteiger partial charge in [-0.15, -0.1) is 10.2 Å². The van der Waals surface area contributed by atoms with E-state index >= 15 is 0 Å². The zero-order valence-electron chi connectivity index (χ0n) is 20.0. The van der Waals surface area contributed by atoms with E-state index in [-0.39, 0.29) is 0 Å². The lowest BCUT2D eigenvalue weighted by atomic mass is 9.88. The molecule has 0 spiro atoms. The van der Waals surface area contributed by atoms with Gasteiger partial charge in [-0.2, -0.15) is 0 Å². The number of hydrogen-bond donors (Lipinski definition) is 0. The molecule has 0 atom stereocenters. The third kappa shape index (κ3) is 4.02. The van der Waals surface area contributed by atoms with Crippen LogP contribution in [0.3, 0.4) is 0 Å². The number of aromatic nitrogens is 3. The van der Waals surface area contributed by atoms with Gasteiger partial charge in [-0.1, -0.05) is 54.6 Å². The highest BCUT2D eigenvalue weighted by Crippen LogP contribution is 2.43. The highest BCUT2D eigenvalue weighted by atomic mass is 32.2. The van der Waals surface area contributed by atoms with Gasteiger partial charge in [-0.25, -0.2) is 8.42 Å². The van der Waals surface area contributed by atoms with E-state index in [0.29, 0.717) is 17.3 Å². The molecule has 0 unspecified atom stereocenters. The highest BCUT2D eigenvalue weighted by Gasteiger charge is 2.33. The molecule has 0 bridgehead atoms. The summed E-state index contributed by atoms with van der Waals surface area (Å²) in [6, 6.07) is 23.6. The first kappa shape index (κ1) is 22.9. The number of nitrogens with zero attached hydrogens (tertiary/aromatic N) is 3. The molecule has 7 heteroatoms. The molecule has 0 fully saturated rings. The second-order valence-corrected chi connectivity index (χ2v) is 11.7. The smallest absolute Gasteiger partial charge is 0.248 e. The van der Waals surface area contributed by atoms with Crippen molar-refractivity contribution in [3.05, 3.63) is 90.4 Å². The minimum atomic E-state index is -3.39. The van der Waals surface area contributed by atoms with Crippen LogP contribution in [-0.4, -0.2) is 29.9 Å². The molecule has 5 aromatic rings. The average molecular weight is 484 g/mol. The fourth-order valence-corrected chi connectivity index (χ4v) is 4.77. The lowest BCUT2D eigenvalue weighted by Crippen LogP contribution is -2.28. The van der Waals surface area contributed by atoms with Crippen LogP contribution in [0.2, 0.25) is 0 Å². The predicted octanol–water partition coefficient (Wildman–Crippen LogP) is 6.21. The molecule has 3 aromatic carbocycles. The molecule has 0 aliphatic rings. The summed E-state index contributed by atoms with van der Waals surface area (Å²) in [5, 5.41) is 9.27. The van der Waals surface area contributed by atoms with Crippen LogP contribution in [0.1, 0.15) is 25.3 Å². The average Bonchev–Trinajstić information content (AvgIpc) is 3.28.